The average molecular weight is 559 g/mol. The Morgan fingerprint density at radius 2 is 1.73 bits per heavy atom. The van der Waals surface area contributed by atoms with Crippen LogP contribution < -0.4 is 10.1 Å². The number of fused-ring (bicyclic) bond motifs is 1. The summed E-state index contributed by atoms with van der Waals surface area (Å²) < 4.78 is 10.9. The smallest absolute Gasteiger partial charge is 0.338 e. The molecular weight excluding hydrogens is 524 g/mol. The van der Waals surface area contributed by atoms with E-state index < -0.39 is 6.10 Å². The first-order chi connectivity index (χ1) is 18.8. The van der Waals surface area contributed by atoms with Gasteiger partial charge in [0.05, 0.1) is 17.7 Å². The molecule has 0 saturated carbocycles. The van der Waals surface area contributed by atoms with Crippen LogP contribution in [0.2, 0.25) is 0 Å². The van der Waals surface area contributed by atoms with Gasteiger partial charge in [-0.15, -0.1) is 12.4 Å². The fourth-order valence-corrected chi connectivity index (χ4v) is 4.52. The number of carbonyl (C=O) groups excluding carboxylic acids is 1. The Hall–Kier alpha value is -3.89. The lowest BCUT2D eigenvalue weighted by Crippen LogP contribution is -2.46. The van der Waals surface area contributed by atoms with Gasteiger partial charge in [-0.25, -0.2) is 4.79 Å². The van der Waals surface area contributed by atoms with Gasteiger partial charge in [0.2, 0.25) is 0 Å². The van der Waals surface area contributed by atoms with E-state index in [1.165, 1.54) is 16.3 Å². The van der Waals surface area contributed by atoms with Crippen molar-refractivity contribution >= 4 is 29.1 Å². The van der Waals surface area contributed by atoms with Crippen LogP contribution in [0, 0.1) is 11.3 Å². The maximum Gasteiger partial charge on any atom is 0.338 e. The van der Waals surface area contributed by atoms with E-state index in [-0.39, 0.29) is 30.5 Å². The van der Waals surface area contributed by atoms with Gasteiger partial charge in [0.1, 0.15) is 24.5 Å². The second-order valence-electron chi connectivity index (χ2n) is 10.2. The molecule has 0 saturated heterocycles. The predicted molar refractivity (Wildman–Crippen MR) is 161 cm³/mol. The van der Waals surface area contributed by atoms with Gasteiger partial charge >= 0.3 is 5.97 Å². The van der Waals surface area contributed by atoms with Gasteiger partial charge in [-0.05, 0) is 78.9 Å². The predicted octanol–water partition coefficient (Wildman–Crippen LogP) is 6.33. The van der Waals surface area contributed by atoms with E-state index >= 15 is 0 Å². The summed E-state index contributed by atoms with van der Waals surface area (Å²) in [6.07, 6.45) is 0.0522. The molecule has 1 atom stereocenters. The number of aliphatic hydroxyl groups is 1. The number of esters is 1. The molecule has 0 unspecified atom stereocenters. The van der Waals surface area contributed by atoms with E-state index in [9.17, 15) is 15.2 Å². The fourth-order valence-electron chi connectivity index (χ4n) is 4.52. The summed E-state index contributed by atoms with van der Waals surface area (Å²) >= 11 is 0. The summed E-state index contributed by atoms with van der Waals surface area (Å²) in [7, 11) is 0. The molecule has 0 aliphatic rings. The topological polar surface area (TPSA) is 91.6 Å². The van der Waals surface area contributed by atoms with Crippen LogP contribution in [0.1, 0.15) is 42.3 Å². The zero-order valence-corrected chi connectivity index (χ0v) is 23.8. The molecule has 208 valence electrons. The third-order valence-corrected chi connectivity index (χ3v) is 6.51. The average Bonchev–Trinajstić information content (AvgIpc) is 2.95. The first-order valence-electron chi connectivity index (χ1n) is 13.1. The Kier molecular flexibility index (Phi) is 10.7. The molecule has 0 aromatic heterocycles. The molecular formula is C33H35ClN2O4. The minimum absolute atomic E-state index is 0. The number of nitrogens with one attached hydrogen (secondary N) is 1. The Balaban J connectivity index is 0.00000441. The Labute approximate surface area is 242 Å². The van der Waals surface area contributed by atoms with Crippen molar-refractivity contribution in [2.75, 3.05) is 19.8 Å². The summed E-state index contributed by atoms with van der Waals surface area (Å²) in [6.45, 7) is 6.68. The van der Waals surface area contributed by atoms with E-state index in [1.54, 1.807) is 37.3 Å². The van der Waals surface area contributed by atoms with Crippen LogP contribution >= 0.6 is 12.4 Å². The molecule has 4 aromatic rings. The van der Waals surface area contributed by atoms with Crippen molar-refractivity contribution in [1.82, 2.24) is 5.32 Å². The zero-order valence-electron chi connectivity index (χ0n) is 23.0. The number of carbonyl (C=O) groups is 1. The number of ether oxygens (including phenoxy) is 2. The van der Waals surface area contributed by atoms with Gasteiger partial charge in [-0.2, -0.15) is 5.26 Å². The van der Waals surface area contributed by atoms with E-state index in [0.29, 0.717) is 30.0 Å². The quantitative estimate of drug-likeness (QED) is 0.209. The van der Waals surface area contributed by atoms with Crippen molar-refractivity contribution in [2.24, 2.45) is 0 Å². The SMILES string of the molecule is CCOC(=O)c1cccc(-c2ccc(OC[C@H](O)CNC(C)(C)Cc3ccc4ccccc4c3)c(C#N)c2)c1.Cl. The van der Waals surface area contributed by atoms with Crippen LogP contribution in [0.3, 0.4) is 0 Å². The Morgan fingerprint density at radius 3 is 2.48 bits per heavy atom. The van der Waals surface area contributed by atoms with E-state index in [4.69, 9.17) is 9.47 Å². The number of hydrogen-bond donors (Lipinski definition) is 2. The van der Waals surface area contributed by atoms with Gasteiger partial charge in [-0.3, -0.25) is 0 Å². The molecule has 7 heteroatoms. The highest BCUT2D eigenvalue weighted by Crippen LogP contribution is 2.27. The molecule has 0 radical (unpaired) electrons. The Bertz CT molecular complexity index is 1500. The van der Waals surface area contributed by atoms with Gasteiger partial charge in [0.25, 0.3) is 0 Å². The zero-order chi connectivity index (χ0) is 27.8. The summed E-state index contributed by atoms with van der Waals surface area (Å²) in [5.74, 6) is 0.0140. The van der Waals surface area contributed by atoms with E-state index in [1.807, 2.05) is 24.3 Å². The maximum atomic E-state index is 12.1. The number of nitrogens with zero attached hydrogens (tertiary/aromatic N) is 1. The van der Waals surface area contributed by atoms with Crippen LogP contribution in [-0.2, 0) is 11.2 Å². The largest absolute Gasteiger partial charge is 0.489 e. The molecule has 6 nitrogen and oxygen atoms in total. The van der Waals surface area contributed by atoms with Crippen molar-refractivity contribution < 1.29 is 19.4 Å². The third-order valence-electron chi connectivity index (χ3n) is 6.51. The molecule has 0 bridgehead atoms. The summed E-state index contributed by atoms with van der Waals surface area (Å²) in [6, 6.07) is 29.3. The number of hydrogen-bond acceptors (Lipinski definition) is 6. The number of aliphatic hydroxyl groups excluding tert-OH is 1. The number of halogens is 1. The van der Waals surface area contributed by atoms with Gasteiger partial charge in [0.15, 0.2) is 0 Å². The number of rotatable bonds is 11. The van der Waals surface area contributed by atoms with E-state index in [0.717, 1.165) is 17.5 Å². The Morgan fingerprint density at radius 1 is 0.975 bits per heavy atom. The first-order valence-corrected chi connectivity index (χ1v) is 13.1. The van der Waals surface area contributed by atoms with Crippen LogP contribution in [0.25, 0.3) is 21.9 Å². The monoisotopic (exact) mass is 558 g/mol. The lowest BCUT2D eigenvalue weighted by molar-refractivity contribution is 0.0526. The van der Waals surface area contributed by atoms with Crippen molar-refractivity contribution in [3.63, 3.8) is 0 Å². The van der Waals surface area contributed by atoms with Crippen molar-refractivity contribution in [2.45, 2.75) is 38.8 Å². The highest BCUT2D eigenvalue weighted by Gasteiger charge is 2.20. The van der Waals surface area contributed by atoms with Gasteiger partial charge < -0.3 is 19.9 Å². The minimum atomic E-state index is -0.756. The van der Waals surface area contributed by atoms with Gasteiger partial charge in [0, 0.05) is 12.1 Å². The minimum Gasteiger partial charge on any atom is -0.489 e. The maximum absolute atomic E-state index is 12.1. The lowest BCUT2D eigenvalue weighted by Gasteiger charge is -2.28. The molecule has 0 aliphatic heterocycles. The molecule has 0 aliphatic carbocycles. The fraction of sp³-hybridized carbons (Fsp3) is 0.273. The second kappa shape index (κ2) is 14.0. The summed E-state index contributed by atoms with van der Waals surface area (Å²) in [5.41, 5.74) is 3.37. The van der Waals surface area contributed by atoms with Crippen molar-refractivity contribution in [3.8, 4) is 22.9 Å². The first kappa shape index (κ1) is 30.6. The van der Waals surface area contributed by atoms with Gasteiger partial charge in [-0.1, -0.05) is 60.7 Å². The van der Waals surface area contributed by atoms with Crippen molar-refractivity contribution in [3.05, 3.63) is 102 Å². The highest BCUT2D eigenvalue weighted by atomic mass is 35.5. The third kappa shape index (κ3) is 8.06. The van der Waals surface area contributed by atoms with Crippen LogP contribution in [0.15, 0.2) is 84.9 Å². The molecule has 0 fully saturated rings. The molecule has 40 heavy (non-hydrogen) atoms. The molecule has 0 heterocycles. The summed E-state index contributed by atoms with van der Waals surface area (Å²) in [4.78, 5) is 12.1. The van der Waals surface area contributed by atoms with Crippen LogP contribution in [0.5, 0.6) is 5.75 Å². The standard InChI is InChI=1S/C33H34N2O4.ClH/c1-4-38-32(37)28-11-7-10-26(17-28)27-14-15-31(29(18-27)20-34)39-22-30(36)21-35-33(2,3)19-23-12-13-24-8-5-6-9-25(24)16-23;/h5-18,30,35-36H,4,19,21-22H2,1-3H3;1H/t30-;/m1./s1. The number of nitriles is 1. The number of benzene rings is 4. The second-order valence-corrected chi connectivity index (χ2v) is 10.2. The number of β-amino-alcohol motifs (C(OH)–C–C–N with tert-alkyl or cyclic N) is 1. The molecule has 0 spiro atoms. The van der Waals surface area contributed by atoms with Crippen LogP contribution in [-0.4, -0.2) is 42.5 Å². The lowest BCUT2D eigenvalue weighted by atomic mass is 9.93. The molecule has 0 amide bonds. The van der Waals surface area contributed by atoms with Crippen molar-refractivity contribution in [1.29, 1.82) is 5.26 Å². The van der Waals surface area contributed by atoms with Crippen LogP contribution in [0.4, 0.5) is 0 Å². The van der Waals surface area contributed by atoms with E-state index in [2.05, 4.69) is 55.6 Å². The molecule has 4 aromatic carbocycles. The molecule has 4 rings (SSSR count). The normalized spacial score (nSPS) is 11.8. The summed E-state index contributed by atoms with van der Waals surface area (Å²) in [5, 5.41) is 26.2. The highest BCUT2D eigenvalue weighted by molar-refractivity contribution is 5.91. The molecule has 2 N–H and O–H groups in total.